The van der Waals surface area contributed by atoms with Crippen LogP contribution in [0.5, 0.6) is 5.75 Å². The summed E-state index contributed by atoms with van der Waals surface area (Å²) in [6.45, 7) is 9.61. The maximum atomic E-state index is 12.3. The highest BCUT2D eigenvalue weighted by Gasteiger charge is 2.22. The normalized spacial score (nSPS) is 11.0. The van der Waals surface area contributed by atoms with E-state index < -0.39 is 0 Å². The molecule has 1 aromatic rings. The lowest BCUT2D eigenvalue weighted by Gasteiger charge is -2.19. The number of hydrogen-bond acceptors (Lipinski definition) is 4. The van der Waals surface area contributed by atoms with Crippen molar-refractivity contribution in [2.24, 2.45) is 0 Å². The summed E-state index contributed by atoms with van der Waals surface area (Å²) < 4.78 is 11.1. The van der Waals surface area contributed by atoms with Crippen molar-refractivity contribution in [3.8, 4) is 5.75 Å². The van der Waals surface area contributed by atoms with Crippen molar-refractivity contribution >= 4 is 5.97 Å². The van der Waals surface area contributed by atoms with Crippen LogP contribution in [0.4, 0.5) is 0 Å². The Hall–Kier alpha value is -1.55. The molecule has 0 amide bonds. The lowest BCUT2D eigenvalue weighted by molar-refractivity contribution is 0.0519. The molecule has 0 atom stereocenters. The van der Waals surface area contributed by atoms with Gasteiger partial charge >= 0.3 is 5.97 Å². The molecule has 0 heterocycles. The Bertz CT molecular complexity index is 481. The van der Waals surface area contributed by atoms with E-state index in [2.05, 4.69) is 13.8 Å². The van der Waals surface area contributed by atoms with Crippen LogP contribution < -0.4 is 4.74 Å². The first kappa shape index (κ1) is 17.5. The topological polar surface area (TPSA) is 38.8 Å². The molecule has 0 radical (unpaired) electrons. The Labute approximate surface area is 128 Å². The molecule has 0 aliphatic rings. The second-order valence-corrected chi connectivity index (χ2v) is 5.70. The van der Waals surface area contributed by atoms with E-state index in [1.165, 1.54) is 0 Å². The molecule has 0 spiro atoms. The van der Waals surface area contributed by atoms with Crippen LogP contribution in [-0.4, -0.2) is 44.7 Å². The van der Waals surface area contributed by atoms with Crippen molar-refractivity contribution in [3.05, 3.63) is 28.8 Å². The minimum Gasteiger partial charge on any atom is -0.491 e. The molecular weight excluding hydrogens is 266 g/mol. The molecule has 4 nitrogen and oxygen atoms in total. The number of esters is 1. The Morgan fingerprint density at radius 2 is 1.95 bits per heavy atom. The van der Waals surface area contributed by atoms with Gasteiger partial charge in [-0.1, -0.05) is 26.0 Å². The van der Waals surface area contributed by atoms with Gasteiger partial charge in [0.2, 0.25) is 0 Å². The Morgan fingerprint density at radius 3 is 2.48 bits per heavy atom. The van der Waals surface area contributed by atoms with Crippen LogP contribution in [0.25, 0.3) is 0 Å². The second-order valence-electron chi connectivity index (χ2n) is 5.70. The zero-order chi connectivity index (χ0) is 16.0. The number of ether oxygens (including phenoxy) is 2. The summed E-state index contributed by atoms with van der Waals surface area (Å²) in [5, 5.41) is 0. The van der Waals surface area contributed by atoms with Gasteiger partial charge in [0.05, 0.1) is 6.61 Å². The van der Waals surface area contributed by atoms with Crippen LogP contribution >= 0.6 is 0 Å². The number of carbonyl (C=O) groups excluding carboxylic acids is 1. The van der Waals surface area contributed by atoms with Crippen molar-refractivity contribution in [2.45, 2.75) is 33.6 Å². The van der Waals surface area contributed by atoms with Crippen molar-refractivity contribution < 1.29 is 14.3 Å². The number of hydrogen-bond donors (Lipinski definition) is 0. The van der Waals surface area contributed by atoms with Gasteiger partial charge in [-0.25, -0.2) is 4.79 Å². The molecular formula is C17H27NO3. The second kappa shape index (κ2) is 8.03. The van der Waals surface area contributed by atoms with E-state index in [1.54, 1.807) is 0 Å². The van der Waals surface area contributed by atoms with Gasteiger partial charge in [0.25, 0.3) is 0 Å². The SMILES string of the molecule is CCOC(=O)c1c(C(C)C)ccc(C)c1OCCN(C)C. The predicted octanol–water partition coefficient (Wildman–Crippen LogP) is 3.24. The van der Waals surface area contributed by atoms with E-state index in [0.717, 1.165) is 17.7 Å². The molecule has 0 unspecified atom stereocenters. The van der Waals surface area contributed by atoms with Crippen LogP contribution in [0, 0.1) is 6.92 Å². The van der Waals surface area contributed by atoms with E-state index >= 15 is 0 Å². The minimum atomic E-state index is -0.301. The molecule has 21 heavy (non-hydrogen) atoms. The van der Waals surface area contributed by atoms with Crippen molar-refractivity contribution in [2.75, 3.05) is 33.9 Å². The third-order valence-corrected chi connectivity index (χ3v) is 3.27. The summed E-state index contributed by atoms with van der Waals surface area (Å²) >= 11 is 0. The van der Waals surface area contributed by atoms with Gasteiger partial charge in [-0.05, 0) is 45.0 Å². The fourth-order valence-electron chi connectivity index (χ4n) is 2.11. The first-order valence-electron chi connectivity index (χ1n) is 7.46. The summed E-state index contributed by atoms with van der Waals surface area (Å²) in [5.74, 6) is 0.590. The van der Waals surface area contributed by atoms with Gasteiger partial charge in [0.15, 0.2) is 0 Å². The molecule has 0 aliphatic heterocycles. The molecule has 0 saturated carbocycles. The highest BCUT2D eigenvalue weighted by Crippen LogP contribution is 2.32. The van der Waals surface area contributed by atoms with Crippen molar-refractivity contribution in [3.63, 3.8) is 0 Å². The first-order chi connectivity index (χ1) is 9.88. The van der Waals surface area contributed by atoms with E-state index in [4.69, 9.17) is 9.47 Å². The van der Waals surface area contributed by atoms with Crippen LogP contribution in [0.15, 0.2) is 12.1 Å². The van der Waals surface area contributed by atoms with Gasteiger partial charge < -0.3 is 14.4 Å². The summed E-state index contributed by atoms with van der Waals surface area (Å²) in [7, 11) is 3.99. The standard InChI is InChI=1S/C17H27NO3/c1-7-20-17(19)15-14(12(2)3)9-8-13(4)16(15)21-11-10-18(5)6/h8-9,12H,7,10-11H2,1-6H3. The first-order valence-corrected chi connectivity index (χ1v) is 7.46. The van der Waals surface area contributed by atoms with Gasteiger partial charge in [-0.15, -0.1) is 0 Å². The number of carbonyl (C=O) groups is 1. The van der Waals surface area contributed by atoms with Crippen LogP contribution in [0.2, 0.25) is 0 Å². The lowest BCUT2D eigenvalue weighted by atomic mass is 9.94. The van der Waals surface area contributed by atoms with Crippen LogP contribution in [0.1, 0.15) is 48.2 Å². The number of nitrogens with zero attached hydrogens (tertiary/aromatic N) is 1. The summed E-state index contributed by atoms with van der Waals surface area (Å²) in [4.78, 5) is 14.4. The molecule has 0 N–H and O–H groups in total. The van der Waals surface area contributed by atoms with E-state index in [1.807, 2.05) is 45.0 Å². The van der Waals surface area contributed by atoms with E-state index in [0.29, 0.717) is 24.5 Å². The van der Waals surface area contributed by atoms with Crippen LogP contribution in [-0.2, 0) is 4.74 Å². The molecule has 0 aromatic heterocycles. The Morgan fingerprint density at radius 1 is 1.29 bits per heavy atom. The molecule has 0 saturated heterocycles. The fraction of sp³-hybridized carbons (Fsp3) is 0.588. The quantitative estimate of drug-likeness (QED) is 0.724. The zero-order valence-electron chi connectivity index (χ0n) is 14.0. The van der Waals surface area contributed by atoms with Crippen LogP contribution in [0.3, 0.4) is 0 Å². The van der Waals surface area contributed by atoms with Gasteiger partial charge in [0.1, 0.15) is 17.9 Å². The van der Waals surface area contributed by atoms with E-state index in [9.17, 15) is 4.79 Å². The number of benzene rings is 1. The van der Waals surface area contributed by atoms with Gasteiger partial charge in [-0.2, -0.15) is 0 Å². The number of rotatable bonds is 7. The van der Waals surface area contributed by atoms with E-state index in [-0.39, 0.29) is 11.9 Å². The number of likely N-dealkylation sites (N-methyl/N-ethyl adjacent to an activating group) is 1. The molecule has 0 bridgehead atoms. The van der Waals surface area contributed by atoms with Gasteiger partial charge in [0, 0.05) is 6.54 Å². The monoisotopic (exact) mass is 293 g/mol. The van der Waals surface area contributed by atoms with Crippen molar-refractivity contribution in [1.82, 2.24) is 4.90 Å². The predicted molar refractivity (Wildman–Crippen MR) is 85.3 cm³/mol. The molecule has 1 rings (SSSR count). The number of aryl methyl sites for hydroxylation is 1. The van der Waals surface area contributed by atoms with Gasteiger partial charge in [-0.3, -0.25) is 0 Å². The molecule has 0 fully saturated rings. The third-order valence-electron chi connectivity index (χ3n) is 3.27. The summed E-state index contributed by atoms with van der Waals surface area (Å²) in [6, 6.07) is 3.99. The summed E-state index contributed by atoms with van der Waals surface area (Å²) in [6.07, 6.45) is 0. The molecule has 0 aliphatic carbocycles. The van der Waals surface area contributed by atoms with Crippen molar-refractivity contribution in [1.29, 1.82) is 0 Å². The molecule has 118 valence electrons. The zero-order valence-corrected chi connectivity index (χ0v) is 14.0. The maximum Gasteiger partial charge on any atom is 0.342 e. The third kappa shape index (κ3) is 4.74. The highest BCUT2D eigenvalue weighted by atomic mass is 16.5. The largest absolute Gasteiger partial charge is 0.491 e. The molecule has 1 aromatic carbocycles. The average Bonchev–Trinajstić information content (AvgIpc) is 2.39. The average molecular weight is 293 g/mol. The lowest BCUT2D eigenvalue weighted by Crippen LogP contribution is -2.21. The molecule has 4 heteroatoms. The highest BCUT2D eigenvalue weighted by molar-refractivity contribution is 5.95. The Kier molecular flexibility index (Phi) is 6.69. The fourth-order valence-corrected chi connectivity index (χ4v) is 2.11. The summed E-state index contributed by atoms with van der Waals surface area (Å²) in [5.41, 5.74) is 2.51. The maximum absolute atomic E-state index is 12.3. The Balaban J connectivity index is 3.18. The smallest absolute Gasteiger partial charge is 0.342 e. The minimum absolute atomic E-state index is 0.237.